The topological polar surface area (TPSA) is 65.3 Å². The molecule has 1 fully saturated rings. The number of likely N-dealkylation sites (tertiary alicyclic amines) is 1. The van der Waals surface area contributed by atoms with Gasteiger partial charge in [0.15, 0.2) is 11.5 Å². The Bertz CT molecular complexity index is 1010. The minimum absolute atomic E-state index is 0.0232. The Morgan fingerprint density at radius 2 is 1.76 bits per heavy atom. The van der Waals surface area contributed by atoms with Crippen molar-refractivity contribution in [3.05, 3.63) is 40.8 Å². The van der Waals surface area contributed by atoms with E-state index in [4.69, 9.17) is 19.2 Å². The minimum atomic E-state index is -0.0232. The van der Waals surface area contributed by atoms with Crippen LogP contribution in [-0.4, -0.2) is 54.6 Å². The number of hydrogen-bond acceptors (Lipinski definition) is 6. The molecule has 29 heavy (non-hydrogen) atoms. The normalized spacial score (nSPS) is 15.0. The summed E-state index contributed by atoms with van der Waals surface area (Å²) in [4.78, 5) is 21.0. The molecular formula is C21H25N3O4S. The summed E-state index contributed by atoms with van der Waals surface area (Å²) in [5.74, 6) is 2.83. The molecule has 1 aromatic carbocycles. The number of piperidine rings is 1. The van der Waals surface area contributed by atoms with Crippen LogP contribution in [0, 0.1) is 6.92 Å². The lowest BCUT2D eigenvalue weighted by atomic mass is 9.93. The fourth-order valence-electron chi connectivity index (χ4n) is 4.00. The van der Waals surface area contributed by atoms with Crippen LogP contribution >= 0.6 is 11.3 Å². The van der Waals surface area contributed by atoms with Gasteiger partial charge >= 0.3 is 0 Å². The number of imidazole rings is 1. The first-order valence-electron chi connectivity index (χ1n) is 9.58. The molecule has 0 unspecified atom stereocenters. The van der Waals surface area contributed by atoms with Gasteiger partial charge in [0.2, 0.25) is 5.75 Å². The number of hydrogen-bond donors (Lipinski definition) is 0. The summed E-state index contributed by atoms with van der Waals surface area (Å²) in [6.45, 7) is 3.43. The highest BCUT2D eigenvalue weighted by atomic mass is 32.1. The van der Waals surface area contributed by atoms with Crippen molar-refractivity contribution in [2.75, 3.05) is 34.4 Å². The van der Waals surface area contributed by atoms with E-state index in [2.05, 4.69) is 16.0 Å². The lowest BCUT2D eigenvalue weighted by Gasteiger charge is -2.31. The molecule has 0 aliphatic carbocycles. The maximum Gasteiger partial charge on any atom is 0.254 e. The van der Waals surface area contributed by atoms with Crippen molar-refractivity contribution in [3.8, 4) is 17.2 Å². The monoisotopic (exact) mass is 415 g/mol. The molecule has 0 bridgehead atoms. The molecule has 4 rings (SSSR count). The van der Waals surface area contributed by atoms with Crippen LogP contribution in [0.25, 0.3) is 4.83 Å². The predicted molar refractivity (Wildman–Crippen MR) is 112 cm³/mol. The molecule has 2 aromatic heterocycles. The molecule has 154 valence electrons. The highest BCUT2D eigenvalue weighted by Gasteiger charge is 2.29. The molecule has 8 heteroatoms. The van der Waals surface area contributed by atoms with Gasteiger partial charge < -0.3 is 19.1 Å². The van der Waals surface area contributed by atoms with E-state index >= 15 is 0 Å². The Labute approximate surface area is 173 Å². The fourth-order valence-corrected chi connectivity index (χ4v) is 4.95. The third-order valence-corrected chi connectivity index (χ3v) is 6.43. The van der Waals surface area contributed by atoms with Crippen LogP contribution in [0.3, 0.4) is 0 Å². The molecule has 1 aliphatic rings. The highest BCUT2D eigenvalue weighted by molar-refractivity contribution is 7.15. The zero-order valence-electron chi connectivity index (χ0n) is 17.1. The van der Waals surface area contributed by atoms with E-state index in [0.717, 1.165) is 24.4 Å². The van der Waals surface area contributed by atoms with E-state index in [-0.39, 0.29) is 5.91 Å². The number of fused-ring (bicyclic) bond motifs is 1. The molecule has 3 heterocycles. The summed E-state index contributed by atoms with van der Waals surface area (Å²) >= 11 is 1.72. The van der Waals surface area contributed by atoms with Crippen LogP contribution in [-0.2, 0) is 0 Å². The summed E-state index contributed by atoms with van der Waals surface area (Å²) in [6, 6.07) is 3.42. The Balaban J connectivity index is 1.51. The Morgan fingerprint density at radius 3 is 2.34 bits per heavy atom. The molecule has 0 atom stereocenters. The molecular weight excluding hydrogens is 390 g/mol. The van der Waals surface area contributed by atoms with Gasteiger partial charge in [-0.05, 0) is 31.9 Å². The lowest BCUT2D eigenvalue weighted by Crippen LogP contribution is -2.38. The first-order valence-corrected chi connectivity index (χ1v) is 10.5. The summed E-state index contributed by atoms with van der Waals surface area (Å²) in [5.41, 5.74) is 1.70. The van der Waals surface area contributed by atoms with E-state index in [9.17, 15) is 4.79 Å². The first kappa shape index (κ1) is 19.6. The van der Waals surface area contributed by atoms with E-state index in [1.807, 2.05) is 11.8 Å². The van der Waals surface area contributed by atoms with Crippen molar-refractivity contribution in [1.82, 2.24) is 14.3 Å². The van der Waals surface area contributed by atoms with E-state index < -0.39 is 0 Å². The van der Waals surface area contributed by atoms with Crippen molar-refractivity contribution < 1.29 is 19.0 Å². The van der Waals surface area contributed by atoms with E-state index in [1.54, 1.807) is 44.8 Å². The number of amides is 1. The van der Waals surface area contributed by atoms with Gasteiger partial charge in [-0.3, -0.25) is 9.20 Å². The summed E-state index contributed by atoms with van der Waals surface area (Å²) in [5, 5.41) is 2.09. The van der Waals surface area contributed by atoms with Crippen LogP contribution in [0.15, 0.2) is 23.7 Å². The van der Waals surface area contributed by atoms with Gasteiger partial charge in [0, 0.05) is 36.1 Å². The van der Waals surface area contributed by atoms with Crippen LogP contribution < -0.4 is 14.2 Å². The molecule has 1 saturated heterocycles. The van der Waals surface area contributed by atoms with Gasteiger partial charge in [-0.1, -0.05) is 0 Å². The number of thiazole rings is 1. The van der Waals surface area contributed by atoms with Gasteiger partial charge in [0.1, 0.15) is 10.7 Å². The quantitative estimate of drug-likeness (QED) is 0.635. The van der Waals surface area contributed by atoms with E-state index in [0.29, 0.717) is 41.8 Å². The second kappa shape index (κ2) is 7.94. The number of rotatable bonds is 5. The molecule has 3 aromatic rings. The highest BCUT2D eigenvalue weighted by Crippen LogP contribution is 2.39. The zero-order chi connectivity index (χ0) is 20.5. The number of nitrogens with zero attached hydrogens (tertiary/aromatic N) is 3. The Hall–Kier alpha value is -2.74. The number of benzene rings is 1. The number of carbonyl (C=O) groups is 1. The SMILES string of the molecule is COc1cc(C(=O)N2CCC(c3nc(C)n4ccsc34)CC2)cc(OC)c1OC. The molecule has 7 nitrogen and oxygen atoms in total. The standard InChI is InChI=1S/C21H25N3O4S/c1-13-22-18(21-24(13)9-10-29-21)14-5-7-23(8-6-14)20(25)15-11-16(26-2)19(28-4)17(12-15)27-3/h9-12,14H,5-8H2,1-4H3. The average molecular weight is 416 g/mol. The fraction of sp³-hybridized carbons (Fsp3) is 0.429. The van der Waals surface area contributed by atoms with Gasteiger partial charge in [-0.15, -0.1) is 11.3 Å². The molecule has 1 aliphatic heterocycles. The van der Waals surface area contributed by atoms with Crippen molar-refractivity contribution in [2.24, 2.45) is 0 Å². The molecule has 0 radical (unpaired) electrons. The molecule has 1 amide bonds. The van der Waals surface area contributed by atoms with Crippen LogP contribution in [0.2, 0.25) is 0 Å². The van der Waals surface area contributed by atoms with Gasteiger partial charge in [-0.2, -0.15) is 0 Å². The van der Waals surface area contributed by atoms with Crippen molar-refractivity contribution in [2.45, 2.75) is 25.7 Å². The smallest absolute Gasteiger partial charge is 0.254 e. The maximum atomic E-state index is 13.1. The van der Waals surface area contributed by atoms with Crippen LogP contribution in [0.5, 0.6) is 17.2 Å². The second-order valence-corrected chi connectivity index (χ2v) is 8.00. The third-order valence-electron chi connectivity index (χ3n) is 5.54. The average Bonchev–Trinajstić information content (AvgIpc) is 3.36. The second-order valence-electron chi connectivity index (χ2n) is 7.10. The first-order chi connectivity index (χ1) is 14.1. The van der Waals surface area contributed by atoms with Gasteiger partial charge in [0.25, 0.3) is 5.91 Å². The van der Waals surface area contributed by atoms with Crippen LogP contribution in [0.4, 0.5) is 0 Å². The van der Waals surface area contributed by atoms with Crippen molar-refractivity contribution in [1.29, 1.82) is 0 Å². The molecule has 0 saturated carbocycles. The zero-order valence-corrected chi connectivity index (χ0v) is 17.9. The predicted octanol–water partition coefficient (Wildman–Crippen LogP) is 3.75. The Morgan fingerprint density at radius 1 is 1.10 bits per heavy atom. The third kappa shape index (κ3) is 3.42. The largest absolute Gasteiger partial charge is 0.493 e. The van der Waals surface area contributed by atoms with Gasteiger partial charge in [-0.25, -0.2) is 4.98 Å². The number of aromatic nitrogens is 2. The Kier molecular flexibility index (Phi) is 5.36. The maximum absolute atomic E-state index is 13.1. The lowest BCUT2D eigenvalue weighted by molar-refractivity contribution is 0.0711. The van der Waals surface area contributed by atoms with Crippen molar-refractivity contribution >= 4 is 22.1 Å². The van der Waals surface area contributed by atoms with Gasteiger partial charge in [0.05, 0.1) is 27.0 Å². The number of ether oxygens (including phenoxy) is 3. The van der Waals surface area contributed by atoms with Crippen molar-refractivity contribution in [3.63, 3.8) is 0 Å². The molecule has 0 N–H and O–H groups in total. The number of aryl methyl sites for hydroxylation is 1. The summed E-state index contributed by atoms with van der Waals surface area (Å²) in [7, 11) is 4.65. The van der Waals surface area contributed by atoms with Crippen LogP contribution in [0.1, 0.15) is 40.6 Å². The number of carbonyl (C=O) groups excluding carboxylic acids is 1. The summed E-state index contributed by atoms with van der Waals surface area (Å²) in [6.07, 6.45) is 3.87. The number of methoxy groups -OCH3 is 3. The van der Waals surface area contributed by atoms with E-state index in [1.165, 1.54) is 4.83 Å². The minimum Gasteiger partial charge on any atom is -0.493 e. The summed E-state index contributed by atoms with van der Waals surface area (Å²) < 4.78 is 18.3. The molecule has 0 spiro atoms.